The van der Waals surface area contributed by atoms with E-state index in [1.807, 2.05) is 0 Å². The number of carbonyl (C=O) groups excluding carboxylic acids is 1. The van der Waals surface area contributed by atoms with Crippen LogP contribution in [0, 0.1) is 34.0 Å². The number of ketones is 1. The lowest BCUT2D eigenvalue weighted by Crippen LogP contribution is -2.66. The summed E-state index contributed by atoms with van der Waals surface area (Å²) in [5, 5.41) is 9.50. The van der Waals surface area contributed by atoms with E-state index in [-0.39, 0.29) is 17.1 Å². The van der Waals surface area contributed by atoms with Gasteiger partial charge in [0, 0.05) is 18.4 Å². The van der Waals surface area contributed by atoms with Gasteiger partial charge in [0.15, 0.2) is 5.78 Å². The summed E-state index contributed by atoms with van der Waals surface area (Å²) in [6, 6.07) is 2.42. The number of nitrogens with zero attached hydrogens (tertiary/aromatic N) is 1. The predicted molar refractivity (Wildman–Crippen MR) is 57.1 cm³/mol. The van der Waals surface area contributed by atoms with Crippen molar-refractivity contribution in [2.24, 2.45) is 22.7 Å². The number of allylic oxidation sites excluding steroid dienone is 2. The molecule has 1 aliphatic heterocycles. The fourth-order valence-corrected chi connectivity index (χ4v) is 3.96. The van der Waals surface area contributed by atoms with E-state index in [0.717, 1.165) is 12.2 Å². The highest BCUT2D eigenvalue weighted by Crippen LogP contribution is 2.71. The normalized spacial score (nSPS) is 43.3. The standard InChI is InChI=1S/C13H15NO2/c1-12(2)9-3-4-16-10-5-8(15)6-13(12,7-14)11(9)10/h5,9,11H,3-4,6H2,1-2H3/t9-,11-,13+/m1/s1. The van der Waals surface area contributed by atoms with E-state index in [4.69, 9.17) is 4.74 Å². The summed E-state index contributed by atoms with van der Waals surface area (Å²) in [4.78, 5) is 11.7. The number of ether oxygens (including phenoxy) is 1. The first-order valence-electron chi connectivity index (χ1n) is 5.81. The molecule has 0 amide bonds. The van der Waals surface area contributed by atoms with E-state index in [1.54, 1.807) is 6.08 Å². The Bertz CT molecular complexity index is 443. The first-order chi connectivity index (χ1) is 7.53. The summed E-state index contributed by atoms with van der Waals surface area (Å²) >= 11 is 0. The molecule has 0 bridgehead atoms. The Labute approximate surface area is 95.1 Å². The third kappa shape index (κ3) is 0.832. The van der Waals surface area contributed by atoms with E-state index in [9.17, 15) is 10.1 Å². The molecule has 84 valence electrons. The Morgan fingerprint density at radius 3 is 3.00 bits per heavy atom. The lowest BCUT2D eigenvalue weighted by molar-refractivity contribution is -0.191. The van der Waals surface area contributed by atoms with Crippen LogP contribution in [0.15, 0.2) is 11.8 Å². The van der Waals surface area contributed by atoms with Gasteiger partial charge in [-0.05, 0) is 17.8 Å². The molecule has 3 rings (SSSR count). The summed E-state index contributed by atoms with van der Waals surface area (Å²) in [7, 11) is 0. The molecule has 3 heteroatoms. The average Bonchev–Trinajstić information content (AvgIpc) is 2.26. The van der Waals surface area contributed by atoms with Gasteiger partial charge in [0.2, 0.25) is 0 Å². The van der Waals surface area contributed by atoms with Gasteiger partial charge in [0.1, 0.15) is 5.76 Å². The molecular formula is C13H15NO2. The molecule has 0 unspecified atom stereocenters. The number of hydrogen-bond donors (Lipinski definition) is 0. The van der Waals surface area contributed by atoms with Crippen molar-refractivity contribution in [2.45, 2.75) is 26.7 Å². The minimum atomic E-state index is -0.515. The second-order valence-corrected chi connectivity index (χ2v) is 5.72. The van der Waals surface area contributed by atoms with Crippen molar-refractivity contribution in [1.82, 2.24) is 0 Å². The Kier molecular flexibility index (Phi) is 1.66. The molecule has 0 spiro atoms. The lowest BCUT2D eigenvalue weighted by Gasteiger charge is -2.66. The molecule has 16 heavy (non-hydrogen) atoms. The van der Waals surface area contributed by atoms with Gasteiger partial charge in [0.05, 0.1) is 18.1 Å². The van der Waals surface area contributed by atoms with Crippen LogP contribution in [0.25, 0.3) is 0 Å². The maximum Gasteiger partial charge on any atom is 0.160 e. The quantitative estimate of drug-likeness (QED) is 0.624. The number of hydrogen-bond acceptors (Lipinski definition) is 3. The maximum atomic E-state index is 11.7. The monoisotopic (exact) mass is 217 g/mol. The van der Waals surface area contributed by atoms with Gasteiger partial charge >= 0.3 is 0 Å². The third-order valence-electron chi connectivity index (χ3n) is 4.97. The van der Waals surface area contributed by atoms with Crippen molar-refractivity contribution >= 4 is 5.78 Å². The van der Waals surface area contributed by atoms with Crippen LogP contribution in [-0.2, 0) is 9.53 Å². The SMILES string of the molecule is CC1(C)[C@@H]2CCOC3=CC(=O)C[C@]1(C#N)[C@@H]32. The molecular weight excluding hydrogens is 202 g/mol. The van der Waals surface area contributed by atoms with Crippen LogP contribution in [0.2, 0.25) is 0 Å². The van der Waals surface area contributed by atoms with Crippen LogP contribution in [0.3, 0.4) is 0 Å². The van der Waals surface area contributed by atoms with Crippen LogP contribution in [0.1, 0.15) is 26.7 Å². The summed E-state index contributed by atoms with van der Waals surface area (Å²) in [6.45, 7) is 4.93. The molecule has 2 aliphatic carbocycles. The molecule has 3 aliphatic rings. The molecule has 3 atom stereocenters. The molecule has 1 saturated carbocycles. The molecule has 3 nitrogen and oxygen atoms in total. The fraction of sp³-hybridized carbons (Fsp3) is 0.692. The zero-order valence-electron chi connectivity index (χ0n) is 9.62. The van der Waals surface area contributed by atoms with Crippen molar-refractivity contribution in [3.63, 3.8) is 0 Å². The maximum absolute atomic E-state index is 11.7. The Morgan fingerprint density at radius 2 is 2.31 bits per heavy atom. The molecule has 0 N–H and O–H groups in total. The molecule has 0 aromatic heterocycles. The van der Waals surface area contributed by atoms with Gasteiger partial charge in [0.25, 0.3) is 0 Å². The second kappa shape index (κ2) is 2.68. The highest BCUT2D eigenvalue weighted by Gasteiger charge is 2.71. The van der Waals surface area contributed by atoms with E-state index in [0.29, 0.717) is 18.9 Å². The number of rotatable bonds is 0. The van der Waals surface area contributed by atoms with Crippen molar-refractivity contribution in [2.75, 3.05) is 6.61 Å². The Balaban J connectivity index is 2.14. The first-order valence-corrected chi connectivity index (χ1v) is 5.81. The molecule has 0 aromatic rings. The van der Waals surface area contributed by atoms with Crippen LogP contribution in [0.5, 0.6) is 0 Å². The van der Waals surface area contributed by atoms with Crippen LogP contribution < -0.4 is 0 Å². The molecule has 0 radical (unpaired) electrons. The highest BCUT2D eigenvalue weighted by molar-refractivity contribution is 5.92. The fourth-order valence-electron chi connectivity index (χ4n) is 3.96. The number of nitriles is 1. The second-order valence-electron chi connectivity index (χ2n) is 5.72. The van der Waals surface area contributed by atoms with Crippen LogP contribution >= 0.6 is 0 Å². The largest absolute Gasteiger partial charge is 0.497 e. The molecule has 1 saturated heterocycles. The van der Waals surface area contributed by atoms with Gasteiger partial charge in [-0.3, -0.25) is 4.79 Å². The van der Waals surface area contributed by atoms with Crippen LogP contribution in [-0.4, -0.2) is 12.4 Å². The summed E-state index contributed by atoms with van der Waals surface area (Å²) < 4.78 is 5.56. The zero-order chi connectivity index (χ0) is 11.6. The smallest absolute Gasteiger partial charge is 0.160 e. The molecule has 0 aromatic carbocycles. The van der Waals surface area contributed by atoms with E-state index in [1.165, 1.54) is 0 Å². The average molecular weight is 217 g/mol. The van der Waals surface area contributed by atoms with E-state index in [2.05, 4.69) is 19.9 Å². The van der Waals surface area contributed by atoms with Crippen molar-refractivity contribution in [3.8, 4) is 6.07 Å². The third-order valence-corrected chi connectivity index (χ3v) is 4.97. The van der Waals surface area contributed by atoms with Crippen molar-refractivity contribution in [1.29, 1.82) is 5.26 Å². The van der Waals surface area contributed by atoms with Crippen molar-refractivity contribution in [3.05, 3.63) is 11.8 Å². The van der Waals surface area contributed by atoms with Crippen LogP contribution in [0.4, 0.5) is 0 Å². The lowest BCUT2D eigenvalue weighted by atomic mass is 9.36. The highest BCUT2D eigenvalue weighted by atomic mass is 16.5. The Hall–Kier alpha value is -1.30. The van der Waals surface area contributed by atoms with Gasteiger partial charge < -0.3 is 4.74 Å². The Morgan fingerprint density at radius 1 is 1.56 bits per heavy atom. The van der Waals surface area contributed by atoms with E-state index < -0.39 is 5.41 Å². The predicted octanol–water partition coefficient (Wildman–Crippen LogP) is 2.05. The van der Waals surface area contributed by atoms with Gasteiger partial charge in [-0.1, -0.05) is 13.8 Å². The first kappa shape index (κ1) is 9.89. The molecule has 2 fully saturated rings. The summed E-state index contributed by atoms with van der Waals surface area (Å²) in [5.41, 5.74) is -0.579. The van der Waals surface area contributed by atoms with E-state index >= 15 is 0 Å². The zero-order valence-corrected chi connectivity index (χ0v) is 9.62. The summed E-state index contributed by atoms with van der Waals surface area (Å²) in [5.74, 6) is 1.48. The molecule has 1 heterocycles. The summed E-state index contributed by atoms with van der Waals surface area (Å²) in [6.07, 6.45) is 2.98. The minimum Gasteiger partial charge on any atom is -0.497 e. The van der Waals surface area contributed by atoms with Gasteiger partial charge in [-0.25, -0.2) is 0 Å². The topological polar surface area (TPSA) is 50.1 Å². The van der Waals surface area contributed by atoms with Gasteiger partial charge in [-0.15, -0.1) is 0 Å². The minimum absolute atomic E-state index is 0.0428. The van der Waals surface area contributed by atoms with Crippen molar-refractivity contribution < 1.29 is 9.53 Å². The number of carbonyl (C=O) groups is 1. The van der Waals surface area contributed by atoms with Gasteiger partial charge in [-0.2, -0.15) is 5.26 Å².